The lowest BCUT2D eigenvalue weighted by Gasteiger charge is -2.11. The fourth-order valence-corrected chi connectivity index (χ4v) is 1.07. The van der Waals surface area contributed by atoms with Gasteiger partial charge in [-0.2, -0.15) is 0 Å². The Morgan fingerprint density at radius 3 is 2.62 bits per heavy atom. The summed E-state index contributed by atoms with van der Waals surface area (Å²) in [5, 5.41) is 12.5. The predicted molar refractivity (Wildman–Crippen MR) is 54.9 cm³/mol. The quantitative estimate of drug-likeness (QED) is 0.563. The van der Waals surface area contributed by atoms with Gasteiger partial charge in [0.1, 0.15) is 0 Å². The van der Waals surface area contributed by atoms with Gasteiger partial charge in [0, 0.05) is 13.1 Å². The second-order valence-electron chi connectivity index (χ2n) is 3.57. The Morgan fingerprint density at radius 2 is 2.08 bits per heavy atom. The van der Waals surface area contributed by atoms with E-state index in [1.807, 2.05) is 13.8 Å². The molecule has 0 aliphatic carbocycles. The van der Waals surface area contributed by atoms with E-state index in [9.17, 15) is 5.11 Å². The van der Waals surface area contributed by atoms with Crippen LogP contribution in [-0.4, -0.2) is 37.0 Å². The number of rotatable bonds is 8. The number of hydrogen-bond acceptors (Lipinski definition) is 3. The molecule has 0 aliphatic heterocycles. The first-order chi connectivity index (χ1) is 6.16. The molecule has 1 atom stereocenters. The van der Waals surface area contributed by atoms with E-state index < -0.39 is 0 Å². The van der Waals surface area contributed by atoms with Crippen molar-refractivity contribution in [1.82, 2.24) is 5.32 Å². The monoisotopic (exact) mass is 189 g/mol. The van der Waals surface area contributed by atoms with Crippen LogP contribution in [0.3, 0.4) is 0 Å². The first-order valence-corrected chi connectivity index (χ1v) is 5.17. The molecule has 0 rings (SSSR count). The number of aliphatic hydroxyl groups excluding tert-OH is 1. The molecule has 2 N–H and O–H groups in total. The zero-order valence-corrected chi connectivity index (χ0v) is 9.05. The van der Waals surface area contributed by atoms with E-state index in [2.05, 4.69) is 12.2 Å². The Kier molecular flexibility index (Phi) is 8.40. The van der Waals surface area contributed by atoms with Gasteiger partial charge in [0.25, 0.3) is 0 Å². The summed E-state index contributed by atoms with van der Waals surface area (Å²) in [6.45, 7) is 8.33. The van der Waals surface area contributed by atoms with Crippen molar-refractivity contribution in [3.8, 4) is 0 Å². The average molecular weight is 189 g/mol. The van der Waals surface area contributed by atoms with E-state index in [0.717, 1.165) is 26.0 Å². The summed E-state index contributed by atoms with van der Waals surface area (Å²) < 4.78 is 5.34. The van der Waals surface area contributed by atoms with Crippen molar-refractivity contribution in [1.29, 1.82) is 0 Å². The van der Waals surface area contributed by atoms with Crippen LogP contribution in [0.15, 0.2) is 0 Å². The smallest absolute Gasteiger partial charge is 0.0664 e. The number of ether oxygens (including phenoxy) is 1. The third kappa shape index (κ3) is 9.80. The lowest BCUT2D eigenvalue weighted by Crippen LogP contribution is -2.29. The molecule has 0 aromatic carbocycles. The summed E-state index contributed by atoms with van der Waals surface area (Å²) in [6.07, 6.45) is 2.00. The molecule has 0 aromatic heterocycles. The molecule has 0 aromatic rings. The van der Waals surface area contributed by atoms with Gasteiger partial charge in [0.15, 0.2) is 0 Å². The second-order valence-corrected chi connectivity index (χ2v) is 3.57. The van der Waals surface area contributed by atoms with Gasteiger partial charge in [-0.05, 0) is 20.3 Å². The highest BCUT2D eigenvalue weighted by atomic mass is 16.5. The molecule has 1 unspecified atom stereocenters. The summed E-state index contributed by atoms with van der Waals surface area (Å²) >= 11 is 0. The highest BCUT2D eigenvalue weighted by Gasteiger charge is 2.00. The van der Waals surface area contributed by atoms with E-state index in [-0.39, 0.29) is 6.10 Å². The van der Waals surface area contributed by atoms with Gasteiger partial charge in [0.2, 0.25) is 0 Å². The van der Waals surface area contributed by atoms with Crippen molar-refractivity contribution < 1.29 is 9.84 Å². The van der Waals surface area contributed by atoms with E-state index in [0.29, 0.717) is 12.6 Å². The summed E-state index contributed by atoms with van der Waals surface area (Å²) in [4.78, 5) is 0. The number of aliphatic hydroxyl groups is 1. The van der Waals surface area contributed by atoms with Crippen LogP contribution in [0.4, 0.5) is 0 Å². The van der Waals surface area contributed by atoms with Gasteiger partial charge in [-0.1, -0.05) is 13.3 Å². The largest absolute Gasteiger partial charge is 0.392 e. The van der Waals surface area contributed by atoms with Crippen molar-refractivity contribution in [2.75, 3.05) is 19.7 Å². The molecule has 13 heavy (non-hydrogen) atoms. The van der Waals surface area contributed by atoms with Crippen LogP contribution in [0, 0.1) is 0 Å². The van der Waals surface area contributed by atoms with Crippen LogP contribution in [0.5, 0.6) is 0 Å². The standard InChI is InChI=1S/C10H23NO2/c1-4-5-10(12)8-11-6-7-13-9(2)3/h9-12H,4-8H2,1-3H3. The van der Waals surface area contributed by atoms with Crippen molar-refractivity contribution in [2.24, 2.45) is 0 Å². The molecule has 0 heterocycles. The fourth-order valence-electron chi connectivity index (χ4n) is 1.07. The molecule has 0 bridgehead atoms. The minimum Gasteiger partial charge on any atom is -0.392 e. The third-order valence-electron chi connectivity index (χ3n) is 1.73. The molecule has 0 aliphatic rings. The summed E-state index contributed by atoms with van der Waals surface area (Å²) in [6, 6.07) is 0. The zero-order valence-electron chi connectivity index (χ0n) is 9.05. The first kappa shape index (κ1) is 12.9. The maximum Gasteiger partial charge on any atom is 0.0664 e. The van der Waals surface area contributed by atoms with Crippen LogP contribution >= 0.6 is 0 Å². The van der Waals surface area contributed by atoms with Gasteiger partial charge in [-0.3, -0.25) is 0 Å². The average Bonchev–Trinajstić information content (AvgIpc) is 2.03. The highest BCUT2D eigenvalue weighted by molar-refractivity contribution is 4.58. The number of hydrogen-bond donors (Lipinski definition) is 2. The van der Waals surface area contributed by atoms with Gasteiger partial charge in [0.05, 0.1) is 18.8 Å². The van der Waals surface area contributed by atoms with Crippen molar-refractivity contribution >= 4 is 0 Å². The summed E-state index contributed by atoms with van der Waals surface area (Å²) in [5.74, 6) is 0. The fraction of sp³-hybridized carbons (Fsp3) is 1.00. The number of nitrogens with one attached hydrogen (secondary N) is 1. The van der Waals surface area contributed by atoms with Crippen molar-refractivity contribution in [2.45, 2.75) is 45.8 Å². The Hall–Kier alpha value is -0.120. The first-order valence-electron chi connectivity index (χ1n) is 5.17. The lowest BCUT2D eigenvalue weighted by atomic mass is 10.2. The maximum absolute atomic E-state index is 9.35. The molecule has 80 valence electrons. The van der Waals surface area contributed by atoms with E-state index in [1.54, 1.807) is 0 Å². The lowest BCUT2D eigenvalue weighted by molar-refractivity contribution is 0.0777. The second kappa shape index (κ2) is 8.48. The highest BCUT2D eigenvalue weighted by Crippen LogP contribution is 1.93. The maximum atomic E-state index is 9.35. The molecule has 3 heteroatoms. The topological polar surface area (TPSA) is 41.5 Å². The summed E-state index contributed by atoms with van der Waals surface area (Å²) in [7, 11) is 0. The molecule has 0 saturated heterocycles. The van der Waals surface area contributed by atoms with Gasteiger partial charge < -0.3 is 15.2 Å². The van der Waals surface area contributed by atoms with Crippen LogP contribution in [-0.2, 0) is 4.74 Å². The van der Waals surface area contributed by atoms with Crippen molar-refractivity contribution in [3.05, 3.63) is 0 Å². The van der Waals surface area contributed by atoms with Crippen LogP contribution in [0.2, 0.25) is 0 Å². The van der Waals surface area contributed by atoms with E-state index in [4.69, 9.17) is 4.74 Å². The molecule has 0 fully saturated rings. The third-order valence-corrected chi connectivity index (χ3v) is 1.73. The van der Waals surface area contributed by atoms with Crippen LogP contribution in [0.1, 0.15) is 33.6 Å². The zero-order chi connectivity index (χ0) is 10.1. The Labute approximate surface area is 81.5 Å². The summed E-state index contributed by atoms with van der Waals surface area (Å²) in [5.41, 5.74) is 0. The Bertz CT molecular complexity index is 107. The van der Waals surface area contributed by atoms with Gasteiger partial charge in [-0.25, -0.2) is 0 Å². The molecular weight excluding hydrogens is 166 g/mol. The molecule has 3 nitrogen and oxygen atoms in total. The minimum atomic E-state index is -0.205. The van der Waals surface area contributed by atoms with Crippen LogP contribution in [0.25, 0.3) is 0 Å². The van der Waals surface area contributed by atoms with Gasteiger partial charge >= 0.3 is 0 Å². The SMILES string of the molecule is CCCC(O)CNCCOC(C)C. The molecule has 0 saturated carbocycles. The van der Waals surface area contributed by atoms with E-state index in [1.165, 1.54) is 0 Å². The predicted octanol–water partition coefficient (Wildman–Crippen LogP) is 1.16. The molecule has 0 amide bonds. The molecule has 0 spiro atoms. The normalized spacial score (nSPS) is 13.6. The van der Waals surface area contributed by atoms with E-state index >= 15 is 0 Å². The Morgan fingerprint density at radius 1 is 1.38 bits per heavy atom. The molecular formula is C10H23NO2. The minimum absolute atomic E-state index is 0.205. The van der Waals surface area contributed by atoms with Gasteiger partial charge in [-0.15, -0.1) is 0 Å². The Balaban J connectivity index is 3.06. The van der Waals surface area contributed by atoms with Crippen molar-refractivity contribution in [3.63, 3.8) is 0 Å². The van der Waals surface area contributed by atoms with Crippen LogP contribution < -0.4 is 5.32 Å². The molecule has 0 radical (unpaired) electrons.